The first-order valence-corrected chi connectivity index (χ1v) is 14.7. The third kappa shape index (κ3) is 5.86. The van der Waals surface area contributed by atoms with Crippen LogP contribution in [-0.2, 0) is 15.8 Å². The molecule has 0 aliphatic rings. The number of aromatic hydroxyl groups is 1. The van der Waals surface area contributed by atoms with Crippen LogP contribution >= 0.6 is 7.14 Å². The molecule has 11 heteroatoms. The van der Waals surface area contributed by atoms with Crippen LogP contribution in [0, 0.1) is 0 Å². The lowest BCUT2D eigenvalue weighted by Gasteiger charge is -2.22. The average Bonchev–Trinajstić information content (AvgIpc) is 2.89. The molecule has 0 unspecified atom stereocenters. The van der Waals surface area contributed by atoms with Crippen molar-refractivity contribution in [1.82, 2.24) is 15.3 Å². The van der Waals surface area contributed by atoms with Gasteiger partial charge in [0.2, 0.25) is 0 Å². The predicted molar refractivity (Wildman–Crippen MR) is 147 cm³/mol. The minimum absolute atomic E-state index is 0.0468. The van der Waals surface area contributed by atoms with Crippen LogP contribution in [0.5, 0.6) is 11.5 Å². The Balaban J connectivity index is 1.66. The van der Waals surface area contributed by atoms with Gasteiger partial charge in [0.15, 0.2) is 17.2 Å². The van der Waals surface area contributed by atoms with Crippen LogP contribution < -0.4 is 15.0 Å². The molecule has 2 heterocycles. The first kappa shape index (κ1) is 26.9. The minimum atomic E-state index is -2.56. The summed E-state index contributed by atoms with van der Waals surface area (Å²) in [5.74, 6) is -0.871. The van der Waals surface area contributed by atoms with Gasteiger partial charge in [0.05, 0.1) is 18.2 Å². The summed E-state index contributed by atoms with van der Waals surface area (Å²) in [5, 5.41) is 16.1. The number of ether oxygens (including phenoxy) is 2. The van der Waals surface area contributed by atoms with Crippen LogP contribution in [0.1, 0.15) is 23.0 Å². The second kappa shape index (κ2) is 11.1. The largest absolute Gasteiger partial charge is 0.504 e. The van der Waals surface area contributed by atoms with E-state index >= 15 is 0 Å². The number of amides is 2. The molecule has 0 fully saturated rings. The molecule has 0 aliphatic carbocycles. The van der Waals surface area contributed by atoms with Crippen molar-refractivity contribution in [3.8, 4) is 11.5 Å². The number of hydrogen-bond acceptors (Lipinski definition) is 8. The maximum absolute atomic E-state index is 12.9. The van der Waals surface area contributed by atoms with Crippen LogP contribution in [0.2, 0.25) is 0 Å². The highest BCUT2D eigenvalue weighted by molar-refractivity contribution is 7.62. The van der Waals surface area contributed by atoms with Crippen molar-refractivity contribution in [3.05, 3.63) is 66.1 Å². The summed E-state index contributed by atoms with van der Waals surface area (Å²) < 4.78 is 23.1. The number of pyridine rings is 2. The van der Waals surface area contributed by atoms with Crippen LogP contribution in [0.25, 0.3) is 21.7 Å². The molecule has 0 atom stereocenters. The Hall–Kier alpha value is -4.17. The summed E-state index contributed by atoms with van der Waals surface area (Å²) >= 11 is 0. The van der Waals surface area contributed by atoms with Gasteiger partial charge in [-0.3, -0.25) is 9.69 Å². The molecule has 2 aromatic heterocycles. The number of aromatic nitrogens is 2. The third-order valence-corrected chi connectivity index (χ3v) is 6.47. The molecule has 4 aromatic rings. The topological polar surface area (TPSA) is 131 Å². The fourth-order valence-corrected chi connectivity index (χ4v) is 4.33. The molecule has 38 heavy (non-hydrogen) atoms. The second-order valence-electron chi connectivity index (χ2n) is 9.16. The fourth-order valence-electron chi connectivity index (χ4n) is 3.88. The van der Waals surface area contributed by atoms with Gasteiger partial charge in [0.1, 0.15) is 24.7 Å². The molecule has 0 saturated carbocycles. The predicted octanol–water partition coefficient (Wildman–Crippen LogP) is 4.97. The average molecular weight is 537 g/mol. The van der Waals surface area contributed by atoms with E-state index < -0.39 is 24.9 Å². The van der Waals surface area contributed by atoms with E-state index in [2.05, 4.69) is 15.3 Å². The van der Waals surface area contributed by atoms with Crippen LogP contribution in [0.15, 0.2) is 54.9 Å². The van der Waals surface area contributed by atoms with Gasteiger partial charge in [-0.25, -0.2) is 14.8 Å². The second-order valence-corrected chi connectivity index (χ2v) is 12.6. The molecule has 2 amide bonds. The van der Waals surface area contributed by atoms with Crippen LogP contribution in [0.4, 0.5) is 10.5 Å². The molecule has 0 aliphatic heterocycles. The Morgan fingerprint density at radius 2 is 1.82 bits per heavy atom. The maximum atomic E-state index is 12.9. The molecule has 10 nitrogen and oxygen atoms in total. The Kier molecular flexibility index (Phi) is 7.83. The third-order valence-electron chi connectivity index (χ3n) is 5.72. The van der Waals surface area contributed by atoms with Crippen molar-refractivity contribution in [2.45, 2.75) is 13.5 Å². The zero-order valence-corrected chi connectivity index (χ0v) is 22.5. The van der Waals surface area contributed by atoms with Gasteiger partial charge in [0, 0.05) is 19.8 Å². The molecular formula is C27H29N4O6P. The van der Waals surface area contributed by atoms with E-state index in [4.69, 9.17) is 9.47 Å². The molecule has 0 saturated heterocycles. The molecule has 0 bridgehead atoms. The molecular weight excluding hydrogens is 507 g/mol. The van der Waals surface area contributed by atoms with Gasteiger partial charge in [-0.2, -0.15) is 0 Å². The van der Waals surface area contributed by atoms with E-state index in [-0.39, 0.29) is 47.5 Å². The number of hydrogen-bond donors (Lipinski definition) is 2. The first-order chi connectivity index (χ1) is 18.1. The molecule has 4 rings (SSSR count). The summed E-state index contributed by atoms with van der Waals surface area (Å²) in [6.07, 6.45) is 1.89. The number of carbonyl (C=O) groups excluding carboxylic acids is 2. The van der Waals surface area contributed by atoms with Crippen molar-refractivity contribution in [2.24, 2.45) is 0 Å². The fraction of sp³-hybridized carbons (Fsp3) is 0.259. The Morgan fingerprint density at radius 1 is 1.08 bits per heavy atom. The minimum Gasteiger partial charge on any atom is -0.504 e. The van der Waals surface area contributed by atoms with Crippen molar-refractivity contribution >= 4 is 46.5 Å². The van der Waals surface area contributed by atoms with E-state index in [1.54, 1.807) is 20.3 Å². The number of carbonyl (C=O) groups is 2. The molecule has 0 radical (unpaired) electrons. The van der Waals surface area contributed by atoms with Gasteiger partial charge in [0.25, 0.3) is 5.91 Å². The number of rotatable bonds is 8. The Labute approximate surface area is 220 Å². The van der Waals surface area contributed by atoms with Crippen LogP contribution in [-0.4, -0.2) is 60.4 Å². The summed E-state index contributed by atoms with van der Waals surface area (Å²) in [5.41, 5.74) is 0.939. The lowest BCUT2D eigenvalue weighted by atomic mass is 10.1. The van der Waals surface area contributed by atoms with E-state index in [0.717, 1.165) is 16.3 Å². The van der Waals surface area contributed by atoms with Crippen molar-refractivity contribution in [2.75, 3.05) is 38.2 Å². The smallest absolute Gasteiger partial charge is 0.414 e. The summed E-state index contributed by atoms with van der Waals surface area (Å²) in [6, 6.07) is 13.8. The maximum Gasteiger partial charge on any atom is 0.414 e. The SMILES string of the molecule is CCOC(=O)N(C)c1c(OCP(C)(C)=O)cnc2c(O)c(C(=O)NCc3ccc4ccccc4c3)ncc12. The van der Waals surface area contributed by atoms with E-state index in [1.807, 2.05) is 42.5 Å². The van der Waals surface area contributed by atoms with Crippen LogP contribution in [0.3, 0.4) is 0 Å². The van der Waals surface area contributed by atoms with Gasteiger partial charge >= 0.3 is 6.09 Å². The summed E-state index contributed by atoms with van der Waals surface area (Å²) in [6.45, 7) is 5.20. The number of nitrogens with one attached hydrogen (secondary N) is 1. The normalized spacial score (nSPS) is 11.4. The number of benzene rings is 2. The lowest BCUT2D eigenvalue weighted by Crippen LogP contribution is -2.28. The number of anilines is 1. The highest BCUT2D eigenvalue weighted by Gasteiger charge is 2.25. The number of fused-ring (bicyclic) bond motifs is 2. The lowest BCUT2D eigenvalue weighted by molar-refractivity contribution is 0.0943. The molecule has 2 aromatic carbocycles. The highest BCUT2D eigenvalue weighted by atomic mass is 31.2. The van der Waals surface area contributed by atoms with E-state index in [1.165, 1.54) is 24.3 Å². The van der Waals surface area contributed by atoms with Gasteiger partial charge in [-0.1, -0.05) is 36.4 Å². The van der Waals surface area contributed by atoms with Crippen molar-refractivity contribution in [1.29, 1.82) is 0 Å². The van der Waals surface area contributed by atoms with E-state index in [0.29, 0.717) is 0 Å². The zero-order valence-electron chi connectivity index (χ0n) is 21.6. The van der Waals surface area contributed by atoms with Gasteiger partial charge in [-0.05, 0) is 42.7 Å². The quantitative estimate of drug-likeness (QED) is 0.302. The summed E-state index contributed by atoms with van der Waals surface area (Å²) in [4.78, 5) is 35.1. The molecule has 198 valence electrons. The van der Waals surface area contributed by atoms with Crippen molar-refractivity contribution in [3.63, 3.8) is 0 Å². The first-order valence-electron chi connectivity index (χ1n) is 11.9. The van der Waals surface area contributed by atoms with E-state index in [9.17, 15) is 19.3 Å². The zero-order chi connectivity index (χ0) is 27.4. The Morgan fingerprint density at radius 3 is 2.53 bits per heavy atom. The van der Waals surface area contributed by atoms with Crippen molar-refractivity contribution < 1.29 is 28.7 Å². The Bertz CT molecular complexity index is 1570. The molecule has 0 spiro atoms. The standard InChI is InChI=1S/C27H29N4O6P/c1-5-36-27(34)31(2)24-20-14-28-23(25(32)22(20)29-15-21(24)37-16-38(3,4)35)26(33)30-13-17-10-11-18-8-6-7-9-19(18)12-17/h6-12,14-15,32H,5,13,16H2,1-4H3,(H,30,33). The van der Waals surface area contributed by atoms with Gasteiger partial charge < -0.3 is 24.5 Å². The monoisotopic (exact) mass is 536 g/mol. The molecule has 2 N–H and O–H groups in total. The number of nitrogens with zero attached hydrogens (tertiary/aromatic N) is 3. The van der Waals surface area contributed by atoms with Gasteiger partial charge in [-0.15, -0.1) is 0 Å². The summed E-state index contributed by atoms with van der Waals surface area (Å²) in [7, 11) is -1.09. The highest BCUT2D eigenvalue weighted by Crippen LogP contribution is 2.41.